The van der Waals surface area contributed by atoms with E-state index in [1.807, 2.05) is 25.1 Å². The van der Waals surface area contributed by atoms with Crippen LogP contribution in [0.4, 0.5) is 5.69 Å². The molecule has 1 amide bonds. The van der Waals surface area contributed by atoms with E-state index in [0.717, 1.165) is 17.3 Å². The molecule has 0 fully saturated rings. The summed E-state index contributed by atoms with van der Waals surface area (Å²) in [6.07, 6.45) is 0. The third-order valence-corrected chi connectivity index (χ3v) is 5.22. The van der Waals surface area contributed by atoms with Crippen LogP contribution in [0.15, 0.2) is 52.4 Å². The van der Waals surface area contributed by atoms with E-state index >= 15 is 0 Å². The number of aryl methyl sites for hydroxylation is 1. The first-order valence-electron chi connectivity index (χ1n) is 8.79. The van der Waals surface area contributed by atoms with E-state index < -0.39 is 5.56 Å². The number of nitrogens with one attached hydrogen (secondary N) is 2. The van der Waals surface area contributed by atoms with Crippen molar-refractivity contribution in [2.75, 3.05) is 18.2 Å². The summed E-state index contributed by atoms with van der Waals surface area (Å²) in [6, 6.07) is 14.0. The second-order valence-electron chi connectivity index (χ2n) is 6.25. The Bertz CT molecular complexity index is 1190. The number of benzene rings is 2. The number of methoxy groups -OCH3 is 1. The smallest absolute Gasteiger partial charge is 0.270 e. The minimum Gasteiger partial charge on any atom is -0.495 e. The van der Waals surface area contributed by atoms with Crippen molar-refractivity contribution in [3.8, 4) is 23.1 Å². The van der Waals surface area contributed by atoms with Crippen LogP contribution < -0.4 is 15.6 Å². The Kier molecular flexibility index (Phi) is 6.77. The van der Waals surface area contributed by atoms with Crippen LogP contribution in [-0.2, 0) is 4.79 Å². The number of nitrogens with zero attached hydrogens (tertiary/aromatic N) is 2. The minimum atomic E-state index is -0.569. The molecule has 0 radical (unpaired) electrons. The van der Waals surface area contributed by atoms with Crippen molar-refractivity contribution in [1.82, 2.24) is 9.97 Å². The number of hydrogen-bond acceptors (Lipinski definition) is 6. The first kappa shape index (κ1) is 21.4. The quantitative estimate of drug-likeness (QED) is 0.443. The largest absolute Gasteiger partial charge is 0.495 e. The molecule has 1 heterocycles. The van der Waals surface area contributed by atoms with E-state index in [9.17, 15) is 14.9 Å². The Labute approximate surface area is 182 Å². The van der Waals surface area contributed by atoms with E-state index in [4.69, 9.17) is 16.3 Å². The number of anilines is 1. The lowest BCUT2D eigenvalue weighted by Gasteiger charge is -2.11. The van der Waals surface area contributed by atoms with Crippen LogP contribution >= 0.6 is 23.4 Å². The highest BCUT2D eigenvalue weighted by atomic mass is 35.5. The molecule has 2 aromatic carbocycles. The number of H-pyrrole nitrogens is 1. The van der Waals surface area contributed by atoms with Gasteiger partial charge in [0.15, 0.2) is 5.16 Å². The molecule has 152 valence electrons. The normalized spacial score (nSPS) is 10.3. The summed E-state index contributed by atoms with van der Waals surface area (Å²) in [4.78, 5) is 31.6. The van der Waals surface area contributed by atoms with E-state index in [-0.39, 0.29) is 28.1 Å². The first-order chi connectivity index (χ1) is 14.4. The standard InChI is InChI=1S/C21H17ClN4O3S/c1-12-3-8-17(29-2)16(9-12)24-18(27)11-30-21-25-19(15(10-23)20(28)26-21)13-4-6-14(22)7-5-13/h3-9H,11H2,1-2H3,(H,24,27)(H,25,26,28). The molecule has 3 rings (SSSR count). The van der Waals surface area contributed by atoms with Crippen molar-refractivity contribution in [2.45, 2.75) is 12.1 Å². The Morgan fingerprint density at radius 3 is 2.70 bits per heavy atom. The predicted molar refractivity (Wildman–Crippen MR) is 117 cm³/mol. The SMILES string of the molecule is COc1ccc(C)cc1NC(=O)CSc1nc(-c2ccc(Cl)cc2)c(C#N)c(=O)[nH]1. The van der Waals surface area contributed by atoms with Crippen molar-refractivity contribution in [2.24, 2.45) is 0 Å². The van der Waals surface area contributed by atoms with Gasteiger partial charge in [-0.2, -0.15) is 5.26 Å². The molecule has 0 saturated heterocycles. The lowest BCUT2D eigenvalue weighted by molar-refractivity contribution is -0.113. The zero-order valence-corrected chi connectivity index (χ0v) is 17.7. The van der Waals surface area contributed by atoms with Gasteiger partial charge in [-0.05, 0) is 36.8 Å². The van der Waals surface area contributed by atoms with Crippen LogP contribution in [0.1, 0.15) is 11.1 Å². The first-order valence-corrected chi connectivity index (χ1v) is 10.1. The summed E-state index contributed by atoms with van der Waals surface area (Å²) in [5, 5.41) is 12.9. The van der Waals surface area contributed by atoms with E-state index in [1.165, 1.54) is 7.11 Å². The lowest BCUT2D eigenvalue weighted by Crippen LogP contribution is -2.17. The Morgan fingerprint density at radius 2 is 2.03 bits per heavy atom. The average Bonchev–Trinajstić information content (AvgIpc) is 2.72. The van der Waals surface area contributed by atoms with Gasteiger partial charge in [-0.1, -0.05) is 41.6 Å². The molecule has 0 aliphatic heterocycles. The molecule has 1 aromatic heterocycles. The number of carbonyl (C=O) groups is 1. The van der Waals surface area contributed by atoms with E-state index in [0.29, 0.717) is 22.0 Å². The molecule has 0 bridgehead atoms. The molecule has 0 spiro atoms. The molecule has 0 unspecified atom stereocenters. The Morgan fingerprint density at radius 1 is 1.30 bits per heavy atom. The summed E-state index contributed by atoms with van der Waals surface area (Å²) in [5.74, 6) is 0.268. The lowest BCUT2D eigenvalue weighted by atomic mass is 10.1. The van der Waals surface area contributed by atoms with Crippen molar-refractivity contribution < 1.29 is 9.53 Å². The van der Waals surface area contributed by atoms with Gasteiger partial charge in [0, 0.05) is 10.6 Å². The van der Waals surface area contributed by atoms with Crippen molar-refractivity contribution in [3.05, 3.63) is 69.0 Å². The van der Waals surface area contributed by atoms with Gasteiger partial charge in [-0.15, -0.1) is 0 Å². The number of amides is 1. The number of thioether (sulfide) groups is 1. The summed E-state index contributed by atoms with van der Waals surface area (Å²) < 4.78 is 5.26. The maximum Gasteiger partial charge on any atom is 0.270 e. The fourth-order valence-electron chi connectivity index (χ4n) is 2.68. The molecule has 0 atom stereocenters. The van der Waals surface area contributed by atoms with E-state index in [2.05, 4.69) is 15.3 Å². The molecular weight excluding hydrogens is 424 g/mol. The van der Waals surface area contributed by atoms with Crippen LogP contribution in [0, 0.1) is 18.3 Å². The zero-order chi connectivity index (χ0) is 21.7. The highest BCUT2D eigenvalue weighted by molar-refractivity contribution is 7.99. The molecule has 0 aliphatic rings. The summed E-state index contributed by atoms with van der Waals surface area (Å²) >= 11 is 6.96. The maximum atomic E-state index is 12.4. The monoisotopic (exact) mass is 440 g/mol. The topological polar surface area (TPSA) is 108 Å². The molecule has 7 nitrogen and oxygen atoms in total. The number of aromatic nitrogens is 2. The molecule has 2 N–H and O–H groups in total. The van der Waals surface area contributed by atoms with Crippen LogP contribution in [-0.4, -0.2) is 28.7 Å². The van der Waals surface area contributed by atoms with Crippen LogP contribution in [0.5, 0.6) is 5.75 Å². The van der Waals surface area contributed by atoms with Crippen molar-refractivity contribution in [3.63, 3.8) is 0 Å². The maximum absolute atomic E-state index is 12.4. The number of rotatable bonds is 6. The highest BCUT2D eigenvalue weighted by Crippen LogP contribution is 2.26. The van der Waals surface area contributed by atoms with Gasteiger partial charge in [-0.25, -0.2) is 4.98 Å². The van der Waals surface area contributed by atoms with Gasteiger partial charge in [0.25, 0.3) is 5.56 Å². The van der Waals surface area contributed by atoms with Gasteiger partial charge in [0.1, 0.15) is 17.4 Å². The third-order valence-electron chi connectivity index (χ3n) is 4.10. The molecule has 30 heavy (non-hydrogen) atoms. The van der Waals surface area contributed by atoms with Crippen LogP contribution in [0.25, 0.3) is 11.3 Å². The fraction of sp³-hybridized carbons (Fsp3) is 0.143. The Balaban J connectivity index is 1.80. The second-order valence-corrected chi connectivity index (χ2v) is 7.65. The number of halogens is 1. The second kappa shape index (κ2) is 9.48. The molecular formula is C21H17ClN4O3S. The number of aromatic amines is 1. The van der Waals surface area contributed by atoms with Gasteiger partial charge in [0.2, 0.25) is 5.91 Å². The zero-order valence-electron chi connectivity index (χ0n) is 16.2. The summed E-state index contributed by atoms with van der Waals surface area (Å²) in [5.41, 5.74) is 1.69. The summed E-state index contributed by atoms with van der Waals surface area (Å²) in [6.45, 7) is 1.91. The van der Waals surface area contributed by atoms with Crippen molar-refractivity contribution in [1.29, 1.82) is 5.26 Å². The predicted octanol–water partition coefficient (Wildman–Crippen LogP) is 4.01. The van der Waals surface area contributed by atoms with Gasteiger partial charge >= 0.3 is 0 Å². The molecule has 9 heteroatoms. The number of nitriles is 1. The number of carbonyl (C=O) groups excluding carboxylic acids is 1. The van der Waals surface area contributed by atoms with Gasteiger partial charge in [-0.3, -0.25) is 9.59 Å². The van der Waals surface area contributed by atoms with Crippen LogP contribution in [0.2, 0.25) is 5.02 Å². The van der Waals surface area contributed by atoms with Crippen molar-refractivity contribution >= 4 is 35.0 Å². The summed E-state index contributed by atoms with van der Waals surface area (Å²) in [7, 11) is 1.53. The van der Waals surface area contributed by atoms with E-state index in [1.54, 1.807) is 30.3 Å². The minimum absolute atomic E-state index is 0.00595. The average molecular weight is 441 g/mol. The molecule has 0 saturated carbocycles. The van der Waals surface area contributed by atoms with Gasteiger partial charge in [0.05, 0.1) is 24.2 Å². The highest BCUT2D eigenvalue weighted by Gasteiger charge is 2.15. The van der Waals surface area contributed by atoms with Gasteiger partial charge < -0.3 is 15.0 Å². The Hall–Kier alpha value is -3.28. The molecule has 3 aromatic rings. The third kappa shape index (κ3) is 5.00. The van der Waals surface area contributed by atoms with Crippen LogP contribution in [0.3, 0.4) is 0 Å². The number of ether oxygens (including phenoxy) is 1. The molecule has 0 aliphatic carbocycles. The fourth-order valence-corrected chi connectivity index (χ4v) is 3.47. The number of hydrogen-bond donors (Lipinski definition) is 2.